The van der Waals surface area contributed by atoms with Crippen LogP contribution < -0.4 is 4.74 Å². The first-order valence-electron chi connectivity index (χ1n) is 6.82. The minimum Gasteiger partial charge on any atom is -0.497 e. The molecule has 0 aliphatic carbocycles. The average Bonchev–Trinajstić information content (AvgIpc) is 2.42. The number of aliphatic hydroxyl groups is 1. The van der Waals surface area contributed by atoms with Crippen LogP contribution in [0.1, 0.15) is 12.0 Å². The number of methoxy groups -OCH3 is 1. The molecule has 4 nitrogen and oxygen atoms in total. The molecule has 0 bridgehead atoms. The lowest BCUT2D eigenvalue weighted by molar-refractivity contribution is -0.0304. The highest BCUT2D eigenvalue weighted by Crippen LogP contribution is 2.38. The van der Waals surface area contributed by atoms with Crippen LogP contribution in [0, 0.1) is 5.92 Å². The van der Waals surface area contributed by atoms with Crippen molar-refractivity contribution in [3.63, 3.8) is 0 Å². The first kappa shape index (κ1) is 15.5. The summed E-state index contributed by atoms with van der Waals surface area (Å²) >= 11 is 0. The molecule has 0 unspecified atom stereocenters. The third-order valence-electron chi connectivity index (χ3n) is 3.93. The molecule has 1 aromatic carbocycles. The van der Waals surface area contributed by atoms with Gasteiger partial charge in [-0.05, 0) is 38.2 Å². The molecule has 1 aliphatic rings. The molecule has 0 spiro atoms. The second-order valence-corrected chi connectivity index (χ2v) is 7.30. The smallest absolute Gasteiger partial charge is 0.119 e. The molecule has 0 aromatic heterocycles. The summed E-state index contributed by atoms with van der Waals surface area (Å²) in [6.45, 7) is 0.722. The standard InChI is InChI=1S/C15H23NO3S/c1-16(2)10-13-11-20(18)8-7-15(13,17)12-5-4-6-14(9-12)19-3/h4-6,9,13,17H,7-8,10-11H2,1-3H3/t13-,15-,20+/m0/s1. The van der Waals surface area contributed by atoms with Gasteiger partial charge in [-0.25, -0.2) is 0 Å². The van der Waals surface area contributed by atoms with Gasteiger partial charge in [-0.2, -0.15) is 0 Å². The molecule has 0 saturated carbocycles. The molecule has 20 heavy (non-hydrogen) atoms. The topological polar surface area (TPSA) is 49.8 Å². The van der Waals surface area contributed by atoms with Crippen LogP contribution in [0.3, 0.4) is 0 Å². The van der Waals surface area contributed by atoms with E-state index in [1.807, 2.05) is 43.3 Å². The predicted molar refractivity (Wildman–Crippen MR) is 81.4 cm³/mol. The molecule has 3 atom stereocenters. The minimum absolute atomic E-state index is 0.0285. The Bertz CT molecular complexity index is 492. The van der Waals surface area contributed by atoms with Gasteiger partial charge in [0.15, 0.2) is 0 Å². The monoisotopic (exact) mass is 297 g/mol. The third-order valence-corrected chi connectivity index (χ3v) is 5.36. The first-order valence-corrected chi connectivity index (χ1v) is 8.31. The van der Waals surface area contributed by atoms with E-state index in [-0.39, 0.29) is 5.92 Å². The van der Waals surface area contributed by atoms with Crippen LogP contribution in [-0.4, -0.2) is 53.5 Å². The molecular weight excluding hydrogens is 274 g/mol. The molecule has 5 heteroatoms. The molecule has 0 radical (unpaired) electrons. The van der Waals surface area contributed by atoms with Gasteiger partial charge >= 0.3 is 0 Å². The van der Waals surface area contributed by atoms with Crippen LogP contribution in [0.4, 0.5) is 0 Å². The van der Waals surface area contributed by atoms with Crippen molar-refractivity contribution in [3.8, 4) is 5.75 Å². The summed E-state index contributed by atoms with van der Waals surface area (Å²) in [4.78, 5) is 2.04. The highest BCUT2D eigenvalue weighted by molar-refractivity contribution is 7.85. The van der Waals surface area contributed by atoms with Crippen molar-refractivity contribution < 1.29 is 14.1 Å². The van der Waals surface area contributed by atoms with E-state index in [0.717, 1.165) is 17.9 Å². The molecule has 1 N–H and O–H groups in total. The molecule has 0 amide bonds. The van der Waals surface area contributed by atoms with E-state index in [2.05, 4.69) is 0 Å². The Kier molecular flexibility index (Phi) is 4.83. The quantitative estimate of drug-likeness (QED) is 0.908. The molecule has 2 rings (SSSR count). The predicted octanol–water partition coefficient (Wildman–Crippen LogP) is 1.21. The van der Waals surface area contributed by atoms with E-state index in [9.17, 15) is 9.32 Å². The zero-order valence-corrected chi connectivity index (χ0v) is 13.2. The van der Waals surface area contributed by atoms with Gasteiger partial charge in [-0.1, -0.05) is 12.1 Å². The Morgan fingerprint density at radius 2 is 2.25 bits per heavy atom. The van der Waals surface area contributed by atoms with Gasteiger partial charge in [-0.3, -0.25) is 4.21 Å². The van der Waals surface area contributed by atoms with E-state index >= 15 is 0 Å². The molecule has 112 valence electrons. The first-order chi connectivity index (χ1) is 9.45. The molecule has 1 heterocycles. The Morgan fingerprint density at radius 3 is 2.90 bits per heavy atom. The van der Waals surface area contributed by atoms with Crippen molar-refractivity contribution >= 4 is 10.8 Å². The zero-order chi connectivity index (χ0) is 14.8. The van der Waals surface area contributed by atoms with Gasteiger partial charge in [-0.15, -0.1) is 0 Å². The molecule has 1 fully saturated rings. The van der Waals surface area contributed by atoms with Crippen molar-refractivity contribution in [2.75, 3.05) is 39.3 Å². The summed E-state index contributed by atoms with van der Waals surface area (Å²) in [6.07, 6.45) is 0.533. The van der Waals surface area contributed by atoms with Gasteiger partial charge in [0.1, 0.15) is 5.75 Å². The van der Waals surface area contributed by atoms with Crippen LogP contribution in [0.25, 0.3) is 0 Å². The second kappa shape index (κ2) is 6.24. The Hall–Kier alpha value is -0.910. The van der Waals surface area contributed by atoms with Gasteiger partial charge in [0.2, 0.25) is 0 Å². The summed E-state index contributed by atoms with van der Waals surface area (Å²) in [5.74, 6) is 1.81. The summed E-state index contributed by atoms with van der Waals surface area (Å²) in [6, 6.07) is 7.58. The van der Waals surface area contributed by atoms with Crippen LogP contribution >= 0.6 is 0 Å². The molecular formula is C15H23NO3S. The molecule has 1 saturated heterocycles. The van der Waals surface area contributed by atoms with Crippen molar-refractivity contribution in [2.24, 2.45) is 5.92 Å². The minimum atomic E-state index is -0.924. The molecule has 1 aliphatic heterocycles. The van der Waals surface area contributed by atoms with Crippen molar-refractivity contribution in [1.82, 2.24) is 4.90 Å². The van der Waals surface area contributed by atoms with Crippen molar-refractivity contribution in [2.45, 2.75) is 12.0 Å². The maximum Gasteiger partial charge on any atom is 0.119 e. The van der Waals surface area contributed by atoms with Crippen LogP contribution in [0.15, 0.2) is 24.3 Å². The highest BCUT2D eigenvalue weighted by atomic mass is 32.2. The fourth-order valence-corrected chi connectivity index (χ4v) is 4.37. The van der Waals surface area contributed by atoms with Crippen molar-refractivity contribution in [3.05, 3.63) is 29.8 Å². The van der Waals surface area contributed by atoms with E-state index in [1.165, 1.54) is 0 Å². The van der Waals surface area contributed by atoms with Crippen LogP contribution in [-0.2, 0) is 16.4 Å². The van der Waals surface area contributed by atoms with Crippen LogP contribution in [0.2, 0.25) is 0 Å². The van der Waals surface area contributed by atoms with Gasteiger partial charge in [0, 0.05) is 34.8 Å². The second-order valence-electron chi connectivity index (χ2n) is 5.68. The lowest BCUT2D eigenvalue weighted by atomic mass is 9.79. The lowest BCUT2D eigenvalue weighted by Crippen LogP contribution is -2.48. The number of hydrogen-bond donors (Lipinski definition) is 1. The Morgan fingerprint density at radius 1 is 1.50 bits per heavy atom. The van der Waals surface area contributed by atoms with E-state index in [1.54, 1.807) is 7.11 Å². The molecule has 1 aromatic rings. The summed E-state index contributed by atoms with van der Waals surface area (Å²) in [7, 11) is 4.74. The number of ether oxygens (including phenoxy) is 1. The number of hydrogen-bond acceptors (Lipinski definition) is 4. The van der Waals surface area contributed by atoms with Crippen molar-refractivity contribution in [1.29, 1.82) is 0 Å². The largest absolute Gasteiger partial charge is 0.497 e. The summed E-state index contributed by atoms with van der Waals surface area (Å²) < 4.78 is 17.1. The third kappa shape index (κ3) is 3.22. The number of rotatable bonds is 4. The van der Waals surface area contributed by atoms with Gasteiger partial charge in [0.25, 0.3) is 0 Å². The SMILES string of the molecule is COc1cccc([C@@]2(O)CC[S@@](=O)C[C@@H]2CN(C)C)c1. The average molecular weight is 297 g/mol. The van der Waals surface area contributed by atoms with Gasteiger partial charge in [0.05, 0.1) is 12.7 Å². The van der Waals surface area contributed by atoms with E-state index < -0.39 is 16.4 Å². The normalized spacial score (nSPS) is 30.4. The Balaban J connectivity index is 2.34. The highest BCUT2D eigenvalue weighted by Gasteiger charge is 2.43. The zero-order valence-electron chi connectivity index (χ0n) is 12.3. The van der Waals surface area contributed by atoms with Gasteiger partial charge < -0.3 is 14.7 Å². The fraction of sp³-hybridized carbons (Fsp3) is 0.600. The number of nitrogens with zero attached hydrogens (tertiary/aromatic N) is 1. The van der Waals surface area contributed by atoms with E-state index in [0.29, 0.717) is 17.9 Å². The van der Waals surface area contributed by atoms with E-state index in [4.69, 9.17) is 4.74 Å². The maximum absolute atomic E-state index is 11.9. The number of benzene rings is 1. The lowest BCUT2D eigenvalue weighted by Gasteiger charge is -2.41. The maximum atomic E-state index is 11.9. The summed E-state index contributed by atoms with van der Waals surface area (Å²) in [5.41, 5.74) is -0.0624. The Labute approximate surface area is 123 Å². The summed E-state index contributed by atoms with van der Waals surface area (Å²) in [5, 5.41) is 11.2. The van der Waals surface area contributed by atoms with Crippen LogP contribution in [0.5, 0.6) is 5.75 Å². The fourth-order valence-electron chi connectivity index (χ4n) is 2.84.